The van der Waals surface area contributed by atoms with Gasteiger partial charge in [-0.1, -0.05) is 0 Å². The van der Waals surface area contributed by atoms with Gasteiger partial charge < -0.3 is 19.6 Å². The second-order valence-electron chi connectivity index (χ2n) is 3.35. The van der Waals surface area contributed by atoms with Gasteiger partial charge in [-0.15, -0.1) is 0 Å². The highest BCUT2D eigenvalue weighted by atomic mass is 79.9. The van der Waals surface area contributed by atoms with Gasteiger partial charge in [0.05, 0.1) is 31.6 Å². The highest BCUT2D eigenvalue weighted by Crippen LogP contribution is 2.14. The lowest BCUT2D eigenvalue weighted by atomic mass is 10.2. The van der Waals surface area contributed by atoms with Crippen LogP contribution < -0.4 is 5.32 Å². The Bertz CT molecular complexity index is 302. The van der Waals surface area contributed by atoms with Gasteiger partial charge in [-0.25, -0.2) is 0 Å². The van der Waals surface area contributed by atoms with Gasteiger partial charge in [0.1, 0.15) is 0 Å². The first-order valence-corrected chi connectivity index (χ1v) is 5.27. The van der Waals surface area contributed by atoms with Crippen molar-refractivity contribution in [3.8, 4) is 0 Å². The standard InChI is InChI=1S/C9H12BrNO3/c10-9-1-6(3-14-9)2-11-7-4-13-5-8(7)12/h1,3,7-8,11-12H,2,4-5H2/t7-,8-/m1/s1. The predicted molar refractivity (Wildman–Crippen MR) is 53.9 cm³/mol. The zero-order valence-electron chi connectivity index (χ0n) is 7.57. The van der Waals surface area contributed by atoms with Crippen molar-refractivity contribution < 1.29 is 14.3 Å². The Kier molecular flexibility index (Phi) is 3.22. The number of ether oxygens (including phenoxy) is 1. The van der Waals surface area contributed by atoms with Gasteiger partial charge in [-0.2, -0.15) is 0 Å². The van der Waals surface area contributed by atoms with E-state index in [4.69, 9.17) is 9.15 Å². The summed E-state index contributed by atoms with van der Waals surface area (Å²) in [5, 5.41) is 12.7. The molecule has 1 aliphatic rings. The summed E-state index contributed by atoms with van der Waals surface area (Å²) in [7, 11) is 0. The van der Waals surface area contributed by atoms with Crippen molar-refractivity contribution in [2.75, 3.05) is 13.2 Å². The van der Waals surface area contributed by atoms with Crippen LogP contribution in [0.4, 0.5) is 0 Å². The Balaban J connectivity index is 1.82. The number of hydrogen-bond donors (Lipinski definition) is 2. The third-order valence-electron chi connectivity index (χ3n) is 2.24. The van der Waals surface area contributed by atoms with Gasteiger partial charge in [0.15, 0.2) is 4.67 Å². The molecule has 4 nitrogen and oxygen atoms in total. The lowest BCUT2D eigenvalue weighted by Crippen LogP contribution is -2.38. The molecule has 0 spiro atoms. The molecule has 2 atom stereocenters. The summed E-state index contributed by atoms with van der Waals surface area (Å²) in [6.45, 7) is 1.67. The molecule has 0 saturated carbocycles. The maximum Gasteiger partial charge on any atom is 0.169 e. The van der Waals surface area contributed by atoms with Crippen LogP contribution in [0.1, 0.15) is 5.56 Å². The van der Waals surface area contributed by atoms with Crippen LogP contribution in [0.25, 0.3) is 0 Å². The van der Waals surface area contributed by atoms with E-state index in [1.165, 1.54) is 0 Å². The number of furan rings is 1. The molecule has 0 bridgehead atoms. The van der Waals surface area contributed by atoms with Crippen molar-refractivity contribution in [3.63, 3.8) is 0 Å². The molecule has 78 valence electrons. The van der Waals surface area contributed by atoms with Crippen LogP contribution in [-0.2, 0) is 11.3 Å². The SMILES string of the molecule is O[C@@H]1COC[C@H]1NCc1coc(Br)c1. The van der Waals surface area contributed by atoms with Crippen LogP contribution >= 0.6 is 15.9 Å². The Morgan fingerprint density at radius 2 is 2.43 bits per heavy atom. The second-order valence-corrected chi connectivity index (χ2v) is 4.13. The van der Waals surface area contributed by atoms with E-state index in [0.29, 0.717) is 19.8 Å². The molecular formula is C9H12BrNO3. The Morgan fingerprint density at radius 1 is 1.57 bits per heavy atom. The van der Waals surface area contributed by atoms with Gasteiger partial charge in [0.25, 0.3) is 0 Å². The molecule has 5 heteroatoms. The van der Waals surface area contributed by atoms with Crippen LogP contribution in [-0.4, -0.2) is 30.5 Å². The third kappa shape index (κ3) is 2.36. The zero-order valence-corrected chi connectivity index (χ0v) is 9.16. The molecule has 1 aromatic rings. The summed E-state index contributed by atoms with van der Waals surface area (Å²) in [6.07, 6.45) is 1.28. The maximum absolute atomic E-state index is 9.45. The van der Waals surface area contributed by atoms with Crippen LogP contribution in [0.2, 0.25) is 0 Å². The van der Waals surface area contributed by atoms with Crippen LogP contribution in [0, 0.1) is 0 Å². The fraction of sp³-hybridized carbons (Fsp3) is 0.556. The normalized spacial score (nSPS) is 27.0. The first-order valence-electron chi connectivity index (χ1n) is 4.48. The highest BCUT2D eigenvalue weighted by Gasteiger charge is 2.25. The van der Waals surface area contributed by atoms with Gasteiger partial charge in [-0.3, -0.25) is 0 Å². The van der Waals surface area contributed by atoms with E-state index in [1.54, 1.807) is 6.26 Å². The summed E-state index contributed by atoms with van der Waals surface area (Å²) in [4.78, 5) is 0. The highest BCUT2D eigenvalue weighted by molar-refractivity contribution is 9.10. The molecule has 1 saturated heterocycles. The quantitative estimate of drug-likeness (QED) is 0.849. The molecule has 0 aromatic carbocycles. The molecule has 1 fully saturated rings. The van der Waals surface area contributed by atoms with Gasteiger partial charge in [-0.05, 0) is 22.0 Å². The average molecular weight is 262 g/mol. The summed E-state index contributed by atoms with van der Waals surface area (Å²) < 4.78 is 10.9. The summed E-state index contributed by atoms with van der Waals surface area (Å²) in [5.41, 5.74) is 1.05. The summed E-state index contributed by atoms with van der Waals surface area (Å²) in [6, 6.07) is 1.93. The Labute approximate surface area is 90.4 Å². The molecule has 0 unspecified atom stereocenters. The molecule has 14 heavy (non-hydrogen) atoms. The largest absolute Gasteiger partial charge is 0.457 e. The minimum atomic E-state index is -0.398. The molecule has 0 amide bonds. The molecule has 1 aliphatic heterocycles. The number of aliphatic hydroxyl groups is 1. The smallest absolute Gasteiger partial charge is 0.169 e. The van der Waals surface area contributed by atoms with Crippen molar-refractivity contribution in [1.82, 2.24) is 5.32 Å². The average Bonchev–Trinajstić information content (AvgIpc) is 2.72. The minimum absolute atomic E-state index is 0.0312. The van der Waals surface area contributed by atoms with Crippen LogP contribution in [0.3, 0.4) is 0 Å². The van der Waals surface area contributed by atoms with Crippen LogP contribution in [0.5, 0.6) is 0 Å². The van der Waals surface area contributed by atoms with Gasteiger partial charge >= 0.3 is 0 Å². The fourth-order valence-corrected chi connectivity index (χ4v) is 1.81. The zero-order chi connectivity index (χ0) is 9.97. The summed E-state index contributed by atoms with van der Waals surface area (Å²) >= 11 is 3.23. The molecule has 2 heterocycles. The molecule has 0 aliphatic carbocycles. The van der Waals surface area contributed by atoms with Crippen molar-refractivity contribution >= 4 is 15.9 Å². The minimum Gasteiger partial charge on any atom is -0.457 e. The monoisotopic (exact) mass is 261 g/mol. The molecule has 2 N–H and O–H groups in total. The number of halogens is 1. The first kappa shape index (κ1) is 10.2. The van der Waals surface area contributed by atoms with Gasteiger partial charge in [0.2, 0.25) is 0 Å². The Morgan fingerprint density at radius 3 is 3.00 bits per heavy atom. The van der Waals surface area contributed by atoms with E-state index >= 15 is 0 Å². The molecular weight excluding hydrogens is 250 g/mol. The fourth-order valence-electron chi connectivity index (χ4n) is 1.43. The van der Waals surface area contributed by atoms with E-state index in [1.807, 2.05) is 6.07 Å². The third-order valence-corrected chi connectivity index (χ3v) is 2.66. The van der Waals surface area contributed by atoms with Gasteiger partial charge in [0, 0.05) is 12.1 Å². The van der Waals surface area contributed by atoms with E-state index in [0.717, 1.165) is 10.2 Å². The lowest BCUT2D eigenvalue weighted by molar-refractivity contribution is 0.122. The number of aliphatic hydroxyl groups excluding tert-OH is 1. The molecule has 0 radical (unpaired) electrons. The second kappa shape index (κ2) is 4.44. The first-order chi connectivity index (χ1) is 6.75. The van der Waals surface area contributed by atoms with E-state index < -0.39 is 6.10 Å². The van der Waals surface area contributed by atoms with Crippen molar-refractivity contribution in [2.45, 2.75) is 18.7 Å². The van der Waals surface area contributed by atoms with E-state index in [2.05, 4.69) is 21.2 Å². The van der Waals surface area contributed by atoms with Crippen LogP contribution in [0.15, 0.2) is 21.4 Å². The molecule has 1 aromatic heterocycles. The molecule has 2 rings (SSSR count). The maximum atomic E-state index is 9.45. The lowest BCUT2D eigenvalue weighted by Gasteiger charge is -2.13. The van der Waals surface area contributed by atoms with Crippen molar-refractivity contribution in [3.05, 3.63) is 22.6 Å². The van der Waals surface area contributed by atoms with Crippen molar-refractivity contribution in [2.24, 2.45) is 0 Å². The van der Waals surface area contributed by atoms with Crippen molar-refractivity contribution in [1.29, 1.82) is 0 Å². The number of hydrogen-bond acceptors (Lipinski definition) is 4. The number of rotatable bonds is 3. The van der Waals surface area contributed by atoms with E-state index in [-0.39, 0.29) is 6.04 Å². The Hall–Kier alpha value is -0.360. The topological polar surface area (TPSA) is 54.6 Å². The van der Waals surface area contributed by atoms with E-state index in [9.17, 15) is 5.11 Å². The number of nitrogens with one attached hydrogen (secondary N) is 1. The summed E-state index contributed by atoms with van der Waals surface area (Å²) in [5.74, 6) is 0. The predicted octanol–water partition coefficient (Wildman–Crippen LogP) is 0.891.